The topological polar surface area (TPSA) is 0 Å². The van der Waals surface area contributed by atoms with Crippen LogP contribution in [0.3, 0.4) is 0 Å². The lowest BCUT2D eigenvalue weighted by Gasteiger charge is -2.49. The fourth-order valence-corrected chi connectivity index (χ4v) is 6.09. The number of rotatable bonds is 8. The minimum absolute atomic E-state index is 0.0183. The first-order chi connectivity index (χ1) is 7.93. The van der Waals surface area contributed by atoms with Crippen LogP contribution >= 0.6 is 101 Å². The fraction of sp³-hybridized carbons (Fsp3) is 1.00. The summed E-state index contributed by atoms with van der Waals surface area (Å²) in [7, 11) is 0. The summed E-state index contributed by atoms with van der Waals surface area (Å²) in [4.78, 5) is 0. The fourth-order valence-electron chi connectivity index (χ4n) is 1.96. The summed E-state index contributed by atoms with van der Waals surface area (Å²) < 4.78 is 0. The number of hydrogen-bond acceptors (Lipinski definition) is 8. The summed E-state index contributed by atoms with van der Waals surface area (Å²) in [6.45, 7) is 0. The average molecular weight is 385 g/mol. The van der Waals surface area contributed by atoms with E-state index >= 15 is 0 Å². The third-order valence-electron chi connectivity index (χ3n) is 3.00. The normalized spacial score (nSPS) is 22.6. The first-order valence-corrected chi connectivity index (χ1v) is 9.68. The van der Waals surface area contributed by atoms with E-state index in [-0.39, 0.29) is 26.4 Å². The zero-order valence-corrected chi connectivity index (χ0v) is 16.4. The van der Waals surface area contributed by atoms with E-state index in [9.17, 15) is 0 Å². The van der Waals surface area contributed by atoms with E-state index in [1.807, 2.05) is 0 Å². The van der Waals surface area contributed by atoms with Crippen molar-refractivity contribution in [3.63, 3.8) is 0 Å². The Kier molecular flexibility index (Phi) is 11.3. The van der Waals surface area contributed by atoms with Crippen molar-refractivity contribution in [1.82, 2.24) is 0 Å². The Morgan fingerprint density at radius 2 is 0.706 bits per heavy atom. The van der Waals surface area contributed by atoms with Crippen LogP contribution in [0.1, 0.15) is 0 Å². The van der Waals surface area contributed by atoms with Gasteiger partial charge in [-0.1, -0.05) is 0 Å². The van der Waals surface area contributed by atoms with Gasteiger partial charge >= 0.3 is 0 Å². The highest BCUT2D eigenvalue weighted by Gasteiger charge is 2.50. The Hall–Kier alpha value is 2.80. The molecule has 17 heavy (non-hydrogen) atoms. The Balaban J connectivity index is 5.51. The summed E-state index contributed by atoms with van der Waals surface area (Å²) in [5.41, 5.74) is -0.314. The number of thiol groups is 8. The van der Waals surface area contributed by atoms with Gasteiger partial charge in [-0.3, -0.25) is 0 Å². The monoisotopic (exact) mass is 384 g/mol. The van der Waals surface area contributed by atoms with Crippen molar-refractivity contribution in [3.8, 4) is 0 Å². The third-order valence-corrected chi connectivity index (χ3v) is 8.13. The molecule has 0 aliphatic rings. The van der Waals surface area contributed by atoms with Crippen molar-refractivity contribution in [3.05, 3.63) is 0 Å². The van der Waals surface area contributed by atoms with Gasteiger partial charge in [-0.05, 0) is 0 Å². The Labute approximate surface area is 149 Å². The zero-order chi connectivity index (χ0) is 13.6. The molecule has 0 bridgehead atoms. The summed E-state index contributed by atoms with van der Waals surface area (Å²) in [5, 5.41) is 0.0733. The maximum Gasteiger partial charge on any atom is 0.0199 e. The van der Waals surface area contributed by atoms with Gasteiger partial charge in [0.1, 0.15) is 0 Å². The van der Waals surface area contributed by atoms with Gasteiger partial charge in [-0.25, -0.2) is 0 Å². The Bertz CT molecular complexity index is 166. The van der Waals surface area contributed by atoms with E-state index in [1.165, 1.54) is 0 Å². The minimum Gasteiger partial charge on any atom is -0.178 e. The van der Waals surface area contributed by atoms with Gasteiger partial charge in [-0.15, -0.1) is 0 Å². The molecule has 0 aromatic heterocycles. The highest BCUT2D eigenvalue weighted by Crippen LogP contribution is 2.46. The summed E-state index contributed by atoms with van der Waals surface area (Å²) in [6, 6.07) is 0. The molecule has 0 N–H and O–H groups in total. The van der Waals surface area contributed by atoms with Crippen LogP contribution in [-0.4, -0.2) is 44.0 Å². The second kappa shape index (κ2) is 9.68. The zero-order valence-electron chi connectivity index (χ0n) is 9.22. The van der Waals surface area contributed by atoms with Gasteiger partial charge in [-0.2, -0.15) is 101 Å². The van der Waals surface area contributed by atoms with Crippen LogP contribution < -0.4 is 0 Å². The predicted octanol–water partition coefficient (Wildman–Crippen LogP) is 2.89. The van der Waals surface area contributed by atoms with Crippen LogP contribution in [0.4, 0.5) is 0 Å². The molecule has 0 nitrogen and oxygen atoms in total. The van der Waals surface area contributed by atoms with Gasteiger partial charge in [0.05, 0.1) is 0 Å². The SMILES string of the molecule is SCC(S)C(C(S)CS)(C(S)CS)C(S)CS. The molecule has 104 valence electrons. The van der Waals surface area contributed by atoms with E-state index in [4.69, 9.17) is 0 Å². The molecule has 0 aliphatic carbocycles. The standard InChI is InChI=1S/C9H20S8/c10-1-5(14)9(6(15)2-11,7(16)3-12)8(17)4-13/h5-8,10-17H,1-4H2. The van der Waals surface area contributed by atoms with Crippen LogP contribution in [0, 0.1) is 5.41 Å². The molecule has 8 heteroatoms. The predicted molar refractivity (Wildman–Crippen MR) is 109 cm³/mol. The van der Waals surface area contributed by atoms with Gasteiger partial charge in [0.2, 0.25) is 0 Å². The maximum absolute atomic E-state index is 4.67. The molecule has 0 aromatic carbocycles. The van der Waals surface area contributed by atoms with E-state index in [0.29, 0.717) is 23.0 Å². The van der Waals surface area contributed by atoms with Crippen molar-refractivity contribution >= 4 is 101 Å². The lowest BCUT2D eigenvalue weighted by atomic mass is 9.75. The summed E-state index contributed by atoms with van der Waals surface area (Å²) in [5.74, 6) is 2.51. The van der Waals surface area contributed by atoms with Crippen molar-refractivity contribution < 1.29 is 0 Å². The van der Waals surface area contributed by atoms with E-state index < -0.39 is 0 Å². The quantitative estimate of drug-likeness (QED) is 0.290. The van der Waals surface area contributed by atoms with Crippen LogP contribution in [0.25, 0.3) is 0 Å². The summed E-state index contributed by atoms with van der Waals surface area (Å²) >= 11 is 36.1. The van der Waals surface area contributed by atoms with Crippen molar-refractivity contribution in [2.75, 3.05) is 23.0 Å². The van der Waals surface area contributed by atoms with Crippen LogP contribution in [0.15, 0.2) is 0 Å². The molecule has 4 atom stereocenters. The Morgan fingerprint density at radius 1 is 0.529 bits per heavy atom. The summed E-state index contributed by atoms with van der Waals surface area (Å²) in [6.07, 6.45) is 0. The van der Waals surface area contributed by atoms with Gasteiger partial charge in [0, 0.05) is 49.4 Å². The van der Waals surface area contributed by atoms with E-state index in [2.05, 4.69) is 101 Å². The molecular weight excluding hydrogens is 365 g/mol. The third kappa shape index (κ3) is 4.38. The lowest BCUT2D eigenvalue weighted by Crippen LogP contribution is -2.56. The molecule has 0 heterocycles. The molecule has 0 saturated heterocycles. The van der Waals surface area contributed by atoms with Gasteiger partial charge in [0.15, 0.2) is 0 Å². The largest absolute Gasteiger partial charge is 0.178 e. The van der Waals surface area contributed by atoms with Crippen molar-refractivity contribution in [1.29, 1.82) is 0 Å². The molecule has 0 spiro atoms. The molecule has 0 fully saturated rings. The molecule has 0 rings (SSSR count). The van der Waals surface area contributed by atoms with E-state index in [0.717, 1.165) is 0 Å². The highest BCUT2D eigenvalue weighted by molar-refractivity contribution is 7.87. The van der Waals surface area contributed by atoms with Crippen molar-refractivity contribution in [2.45, 2.75) is 21.0 Å². The maximum atomic E-state index is 4.67. The van der Waals surface area contributed by atoms with Crippen molar-refractivity contribution in [2.24, 2.45) is 5.41 Å². The van der Waals surface area contributed by atoms with Crippen LogP contribution in [0.5, 0.6) is 0 Å². The first kappa shape index (κ1) is 19.8. The minimum atomic E-state index is -0.314. The first-order valence-electron chi connectivity index (χ1n) is 5.09. The van der Waals surface area contributed by atoms with Gasteiger partial charge < -0.3 is 0 Å². The lowest BCUT2D eigenvalue weighted by molar-refractivity contribution is 0.295. The average Bonchev–Trinajstić information content (AvgIpc) is 2.37. The second-order valence-electron chi connectivity index (χ2n) is 3.79. The highest BCUT2D eigenvalue weighted by atomic mass is 32.1. The van der Waals surface area contributed by atoms with Crippen LogP contribution in [0.2, 0.25) is 0 Å². The van der Waals surface area contributed by atoms with Crippen LogP contribution in [-0.2, 0) is 0 Å². The molecule has 0 aromatic rings. The molecular formula is C9H20S8. The van der Waals surface area contributed by atoms with E-state index in [1.54, 1.807) is 0 Å². The molecule has 0 aliphatic heterocycles. The van der Waals surface area contributed by atoms with Gasteiger partial charge in [0.25, 0.3) is 0 Å². The second-order valence-corrected chi connectivity index (χ2v) is 7.75. The molecule has 0 saturated carbocycles. The molecule has 0 amide bonds. The molecule has 4 unspecified atom stereocenters. The smallest absolute Gasteiger partial charge is 0.0199 e. The number of hydrogen-bond donors (Lipinski definition) is 8. The molecule has 0 radical (unpaired) electrons. The Morgan fingerprint density at radius 3 is 0.824 bits per heavy atom.